The van der Waals surface area contributed by atoms with Gasteiger partial charge in [0.25, 0.3) is 0 Å². The molecule has 0 bridgehead atoms. The molecule has 0 saturated heterocycles. The minimum Gasteiger partial charge on any atom is -0.494 e. The molecule has 21 heavy (non-hydrogen) atoms. The number of rotatable bonds is 6. The Hall–Kier alpha value is -2.36. The highest BCUT2D eigenvalue weighted by Crippen LogP contribution is 2.32. The van der Waals surface area contributed by atoms with Crippen LogP contribution in [0.5, 0.6) is 11.5 Å². The Labute approximate surface area is 125 Å². The first-order valence-corrected chi connectivity index (χ1v) is 7.16. The smallest absolute Gasteiger partial charge is 0.142 e. The lowest BCUT2D eigenvalue weighted by Gasteiger charge is -2.15. The zero-order valence-corrected chi connectivity index (χ0v) is 12.8. The number of hydrogen-bond acceptors (Lipinski definition) is 4. The highest BCUT2D eigenvalue weighted by atomic mass is 16.5. The number of nitrogens with one attached hydrogen (secondary N) is 1. The maximum Gasteiger partial charge on any atom is 0.142 e. The number of nitrogen functional groups attached to an aromatic ring is 1. The van der Waals surface area contributed by atoms with Crippen molar-refractivity contribution in [3.05, 3.63) is 42.0 Å². The van der Waals surface area contributed by atoms with Gasteiger partial charge in [0, 0.05) is 17.4 Å². The van der Waals surface area contributed by atoms with Gasteiger partial charge in [-0.3, -0.25) is 0 Å². The van der Waals surface area contributed by atoms with Gasteiger partial charge in [0.05, 0.1) is 18.9 Å². The number of nitrogens with two attached hydrogens (primary N) is 1. The predicted molar refractivity (Wildman–Crippen MR) is 87.7 cm³/mol. The highest BCUT2D eigenvalue weighted by Gasteiger charge is 2.07. The molecule has 0 atom stereocenters. The van der Waals surface area contributed by atoms with Gasteiger partial charge in [0.15, 0.2) is 0 Å². The van der Waals surface area contributed by atoms with Gasteiger partial charge in [-0.15, -0.1) is 0 Å². The van der Waals surface area contributed by atoms with E-state index in [1.807, 2.05) is 57.2 Å². The predicted octanol–water partition coefficient (Wildman–Crippen LogP) is 4.12. The van der Waals surface area contributed by atoms with Gasteiger partial charge >= 0.3 is 0 Å². The lowest BCUT2D eigenvalue weighted by molar-refractivity contribution is 0.332. The van der Waals surface area contributed by atoms with E-state index in [9.17, 15) is 0 Å². The first-order chi connectivity index (χ1) is 10.1. The Morgan fingerprint density at radius 2 is 1.76 bits per heavy atom. The van der Waals surface area contributed by atoms with Gasteiger partial charge in [0.1, 0.15) is 11.5 Å². The zero-order chi connectivity index (χ0) is 15.2. The molecular formula is C17H22N2O2. The Kier molecular flexibility index (Phi) is 4.93. The average Bonchev–Trinajstić information content (AvgIpc) is 2.41. The molecule has 0 spiro atoms. The van der Waals surface area contributed by atoms with Crippen LogP contribution in [-0.2, 0) is 0 Å². The average molecular weight is 286 g/mol. The van der Waals surface area contributed by atoms with Crippen molar-refractivity contribution in [1.29, 1.82) is 0 Å². The van der Waals surface area contributed by atoms with Crippen molar-refractivity contribution in [1.82, 2.24) is 0 Å². The summed E-state index contributed by atoms with van der Waals surface area (Å²) >= 11 is 0. The largest absolute Gasteiger partial charge is 0.494 e. The molecule has 0 aliphatic rings. The van der Waals surface area contributed by atoms with Gasteiger partial charge in [-0.1, -0.05) is 0 Å². The first kappa shape index (κ1) is 15.0. The van der Waals surface area contributed by atoms with E-state index in [0.717, 1.165) is 34.1 Å². The van der Waals surface area contributed by atoms with E-state index < -0.39 is 0 Å². The number of anilines is 3. The van der Waals surface area contributed by atoms with E-state index in [1.54, 1.807) is 0 Å². The third kappa shape index (κ3) is 4.05. The topological polar surface area (TPSA) is 56.5 Å². The molecule has 0 amide bonds. The van der Waals surface area contributed by atoms with Crippen LogP contribution in [0.15, 0.2) is 36.4 Å². The third-order valence-corrected chi connectivity index (χ3v) is 2.94. The monoisotopic (exact) mass is 286 g/mol. The van der Waals surface area contributed by atoms with Crippen LogP contribution < -0.4 is 20.5 Å². The van der Waals surface area contributed by atoms with Crippen LogP contribution in [-0.4, -0.2) is 13.2 Å². The molecule has 4 heteroatoms. The van der Waals surface area contributed by atoms with Crippen LogP contribution >= 0.6 is 0 Å². The number of aryl methyl sites for hydroxylation is 1. The first-order valence-electron chi connectivity index (χ1n) is 7.16. The SMILES string of the molecule is CCOc1ccc(OCC)c(Nc2cc(C)cc(N)c2)c1. The quantitative estimate of drug-likeness (QED) is 0.784. The van der Waals surface area contributed by atoms with Crippen molar-refractivity contribution < 1.29 is 9.47 Å². The summed E-state index contributed by atoms with van der Waals surface area (Å²) in [5, 5.41) is 3.35. The molecular weight excluding hydrogens is 264 g/mol. The second-order valence-electron chi connectivity index (χ2n) is 4.78. The fourth-order valence-corrected chi connectivity index (χ4v) is 2.18. The molecule has 0 aromatic heterocycles. The van der Waals surface area contributed by atoms with Gasteiger partial charge in [-0.25, -0.2) is 0 Å². The summed E-state index contributed by atoms with van der Waals surface area (Å²) in [5.74, 6) is 1.60. The van der Waals surface area contributed by atoms with Crippen LogP contribution in [0.25, 0.3) is 0 Å². The highest BCUT2D eigenvalue weighted by molar-refractivity contribution is 5.70. The number of hydrogen-bond donors (Lipinski definition) is 2. The maximum absolute atomic E-state index is 5.89. The Bertz CT molecular complexity index is 591. The third-order valence-electron chi connectivity index (χ3n) is 2.94. The molecule has 0 fully saturated rings. The van der Waals surface area contributed by atoms with E-state index in [-0.39, 0.29) is 0 Å². The second-order valence-corrected chi connectivity index (χ2v) is 4.78. The molecule has 0 aliphatic heterocycles. The summed E-state index contributed by atoms with van der Waals surface area (Å²) in [7, 11) is 0. The van der Waals surface area contributed by atoms with E-state index in [2.05, 4.69) is 5.32 Å². The molecule has 4 nitrogen and oxygen atoms in total. The van der Waals surface area contributed by atoms with Gasteiger partial charge < -0.3 is 20.5 Å². The second kappa shape index (κ2) is 6.88. The summed E-state index contributed by atoms with van der Waals surface area (Å²) in [5.41, 5.74) is 9.53. The molecule has 112 valence electrons. The summed E-state index contributed by atoms with van der Waals surface area (Å²) in [4.78, 5) is 0. The molecule has 0 saturated carbocycles. The molecule has 0 radical (unpaired) electrons. The molecule has 3 N–H and O–H groups in total. The Morgan fingerprint density at radius 1 is 1.00 bits per heavy atom. The van der Waals surface area contributed by atoms with Crippen molar-refractivity contribution in [3.8, 4) is 11.5 Å². The minimum absolute atomic E-state index is 0.610. The zero-order valence-electron chi connectivity index (χ0n) is 12.8. The molecule has 0 unspecified atom stereocenters. The molecule has 2 rings (SSSR count). The Balaban J connectivity index is 2.32. The van der Waals surface area contributed by atoms with E-state index in [4.69, 9.17) is 15.2 Å². The van der Waals surface area contributed by atoms with Crippen LogP contribution in [0, 0.1) is 6.92 Å². The van der Waals surface area contributed by atoms with Crippen molar-refractivity contribution in [2.24, 2.45) is 0 Å². The van der Waals surface area contributed by atoms with Crippen LogP contribution in [0.2, 0.25) is 0 Å². The van der Waals surface area contributed by atoms with Gasteiger partial charge in [-0.2, -0.15) is 0 Å². The van der Waals surface area contributed by atoms with E-state index in [0.29, 0.717) is 13.2 Å². The van der Waals surface area contributed by atoms with Crippen molar-refractivity contribution in [3.63, 3.8) is 0 Å². The van der Waals surface area contributed by atoms with E-state index >= 15 is 0 Å². The van der Waals surface area contributed by atoms with Crippen LogP contribution in [0.1, 0.15) is 19.4 Å². The molecule has 0 heterocycles. The normalized spacial score (nSPS) is 10.2. The Morgan fingerprint density at radius 3 is 2.43 bits per heavy atom. The molecule has 0 aliphatic carbocycles. The fourth-order valence-electron chi connectivity index (χ4n) is 2.18. The number of ether oxygens (including phenoxy) is 2. The lowest BCUT2D eigenvalue weighted by atomic mass is 10.2. The van der Waals surface area contributed by atoms with Crippen molar-refractivity contribution in [2.75, 3.05) is 24.3 Å². The number of benzene rings is 2. The van der Waals surface area contributed by atoms with Crippen LogP contribution in [0.3, 0.4) is 0 Å². The van der Waals surface area contributed by atoms with Crippen molar-refractivity contribution >= 4 is 17.1 Å². The maximum atomic E-state index is 5.89. The molecule has 2 aromatic rings. The molecule has 2 aromatic carbocycles. The van der Waals surface area contributed by atoms with Gasteiger partial charge in [0.2, 0.25) is 0 Å². The lowest BCUT2D eigenvalue weighted by Crippen LogP contribution is -2.00. The standard InChI is InChI=1S/C17H22N2O2/c1-4-20-15-6-7-17(21-5-2)16(11-15)19-14-9-12(3)8-13(18)10-14/h6-11,19H,4-5,18H2,1-3H3. The van der Waals surface area contributed by atoms with Crippen molar-refractivity contribution in [2.45, 2.75) is 20.8 Å². The summed E-state index contributed by atoms with van der Waals surface area (Å²) in [6.07, 6.45) is 0. The summed E-state index contributed by atoms with van der Waals surface area (Å²) in [6.45, 7) is 7.18. The van der Waals surface area contributed by atoms with E-state index in [1.165, 1.54) is 0 Å². The summed E-state index contributed by atoms with van der Waals surface area (Å²) in [6, 6.07) is 11.6. The van der Waals surface area contributed by atoms with Crippen LogP contribution in [0.4, 0.5) is 17.1 Å². The minimum atomic E-state index is 0.610. The summed E-state index contributed by atoms with van der Waals surface area (Å²) < 4.78 is 11.2. The van der Waals surface area contributed by atoms with Gasteiger partial charge in [-0.05, 0) is 56.7 Å². The fraction of sp³-hybridized carbons (Fsp3) is 0.294.